The molecule has 3 heteroatoms. The highest BCUT2D eigenvalue weighted by atomic mass is 16.3. The van der Waals surface area contributed by atoms with E-state index in [2.05, 4.69) is 29.9 Å². The van der Waals surface area contributed by atoms with Crippen LogP contribution >= 0.6 is 0 Å². The molecular formula is C14H20N2O. The molecule has 0 spiro atoms. The lowest BCUT2D eigenvalue weighted by molar-refractivity contribution is 0.218. The van der Waals surface area contributed by atoms with E-state index >= 15 is 0 Å². The summed E-state index contributed by atoms with van der Waals surface area (Å²) >= 11 is 0. The van der Waals surface area contributed by atoms with E-state index in [9.17, 15) is 5.11 Å². The van der Waals surface area contributed by atoms with Crippen LogP contribution in [0.3, 0.4) is 0 Å². The van der Waals surface area contributed by atoms with Gasteiger partial charge < -0.3 is 10.1 Å². The summed E-state index contributed by atoms with van der Waals surface area (Å²) in [6, 6.07) is 6.15. The molecule has 1 aromatic heterocycles. The Labute approximate surface area is 102 Å². The average Bonchev–Trinajstić information content (AvgIpc) is 2.71. The number of H-pyrrole nitrogens is 1. The van der Waals surface area contributed by atoms with Crippen LogP contribution in [0.2, 0.25) is 0 Å². The lowest BCUT2D eigenvalue weighted by atomic mass is 9.85. The Morgan fingerprint density at radius 2 is 2.06 bits per heavy atom. The normalized spacial score (nSPS) is 12.6. The third kappa shape index (κ3) is 2.20. The zero-order valence-electron chi connectivity index (χ0n) is 10.9. The molecule has 0 fully saturated rings. The van der Waals surface area contributed by atoms with Crippen LogP contribution < -0.4 is 0 Å². The van der Waals surface area contributed by atoms with Gasteiger partial charge in [-0.1, -0.05) is 33.8 Å². The maximum Gasteiger partial charge on any atom is 0.109 e. The van der Waals surface area contributed by atoms with Crippen molar-refractivity contribution < 1.29 is 5.11 Å². The fraction of sp³-hybridized carbons (Fsp3) is 0.500. The Hall–Kier alpha value is -1.35. The number of hydrogen-bond donors (Lipinski definition) is 2. The molecule has 2 rings (SSSR count). The van der Waals surface area contributed by atoms with Gasteiger partial charge in [-0.2, -0.15) is 0 Å². The first-order valence-electron chi connectivity index (χ1n) is 6.05. The fourth-order valence-corrected chi connectivity index (χ4v) is 1.82. The van der Waals surface area contributed by atoms with Crippen LogP contribution in [-0.2, 0) is 5.41 Å². The van der Waals surface area contributed by atoms with E-state index in [1.165, 1.54) is 0 Å². The van der Waals surface area contributed by atoms with Gasteiger partial charge in [-0.15, -0.1) is 0 Å². The molecule has 0 radical (unpaired) electrons. The molecule has 3 nitrogen and oxygen atoms in total. The van der Waals surface area contributed by atoms with Gasteiger partial charge >= 0.3 is 0 Å². The number of imidazole rings is 1. The number of fused-ring (bicyclic) bond motifs is 1. The van der Waals surface area contributed by atoms with Crippen molar-refractivity contribution in [2.75, 3.05) is 6.61 Å². The number of aromatic nitrogens is 2. The van der Waals surface area contributed by atoms with Gasteiger partial charge in [0.15, 0.2) is 0 Å². The highest BCUT2D eigenvalue weighted by molar-refractivity contribution is 5.76. The van der Waals surface area contributed by atoms with Gasteiger partial charge in [-0.05, 0) is 17.7 Å². The minimum atomic E-state index is -0.211. The lowest BCUT2D eigenvalue weighted by Gasteiger charge is -2.21. The van der Waals surface area contributed by atoms with E-state index < -0.39 is 0 Å². The summed E-state index contributed by atoms with van der Waals surface area (Å²) in [6.45, 7) is 8.46. The first-order chi connectivity index (χ1) is 7.94. The van der Waals surface area contributed by atoms with E-state index in [4.69, 9.17) is 0 Å². The molecule has 0 amide bonds. The topological polar surface area (TPSA) is 48.9 Å². The quantitative estimate of drug-likeness (QED) is 0.854. The highest BCUT2D eigenvalue weighted by Gasteiger charge is 2.20. The van der Waals surface area contributed by atoms with Gasteiger partial charge in [-0.3, -0.25) is 0 Å². The zero-order chi connectivity index (χ0) is 12.6. The second-order valence-electron chi connectivity index (χ2n) is 5.55. The molecule has 0 unspecified atom stereocenters. The van der Waals surface area contributed by atoms with Crippen molar-refractivity contribution in [2.45, 2.75) is 39.0 Å². The summed E-state index contributed by atoms with van der Waals surface area (Å²) in [5.74, 6) is 1.41. The second-order valence-corrected chi connectivity index (χ2v) is 5.55. The number of nitrogens with one attached hydrogen (secondary N) is 1. The molecule has 0 saturated carbocycles. The maximum atomic E-state index is 9.39. The van der Waals surface area contributed by atoms with Crippen LogP contribution in [0.15, 0.2) is 18.2 Å². The Kier molecular flexibility index (Phi) is 2.96. The van der Waals surface area contributed by atoms with Gasteiger partial charge in [0, 0.05) is 11.3 Å². The predicted octanol–water partition coefficient (Wildman–Crippen LogP) is 2.96. The Morgan fingerprint density at radius 3 is 2.65 bits per heavy atom. The summed E-state index contributed by atoms with van der Waals surface area (Å²) in [5.41, 5.74) is 2.96. The molecule has 0 atom stereocenters. The van der Waals surface area contributed by atoms with Gasteiger partial charge in [-0.25, -0.2) is 4.98 Å². The standard InChI is InChI=1S/C14H20N2O/c1-9(2)13-15-11-6-5-10(7-12(11)16-13)14(3,4)8-17/h5-7,9,17H,8H2,1-4H3,(H,15,16). The lowest BCUT2D eigenvalue weighted by Crippen LogP contribution is -2.21. The van der Waals surface area contributed by atoms with Crippen LogP contribution in [-0.4, -0.2) is 21.7 Å². The van der Waals surface area contributed by atoms with Crippen molar-refractivity contribution >= 4 is 11.0 Å². The second kappa shape index (κ2) is 4.15. The number of aliphatic hydroxyl groups excluding tert-OH is 1. The Morgan fingerprint density at radius 1 is 1.35 bits per heavy atom. The molecule has 2 aromatic rings. The third-order valence-electron chi connectivity index (χ3n) is 3.22. The van der Waals surface area contributed by atoms with E-state index in [0.717, 1.165) is 22.4 Å². The number of benzene rings is 1. The van der Waals surface area contributed by atoms with Crippen molar-refractivity contribution in [2.24, 2.45) is 0 Å². The molecule has 0 aliphatic rings. The maximum absolute atomic E-state index is 9.39. The van der Waals surface area contributed by atoms with Crippen LogP contribution in [0.5, 0.6) is 0 Å². The first-order valence-corrected chi connectivity index (χ1v) is 6.05. The summed E-state index contributed by atoms with van der Waals surface area (Å²) in [4.78, 5) is 7.88. The molecular weight excluding hydrogens is 212 g/mol. The van der Waals surface area contributed by atoms with E-state index in [1.54, 1.807) is 0 Å². The Balaban J connectivity index is 2.50. The molecule has 0 bridgehead atoms. The minimum absolute atomic E-state index is 0.143. The number of nitrogens with zero attached hydrogens (tertiary/aromatic N) is 1. The average molecular weight is 232 g/mol. The van der Waals surface area contributed by atoms with Crippen LogP contribution in [0.4, 0.5) is 0 Å². The minimum Gasteiger partial charge on any atom is -0.395 e. The van der Waals surface area contributed by atoms with Crippen LogP contribution in [0.1, 0.15) is 45.0 Å². The van der Waals surface area contributed by atoms with Crippen molar-refractivity contribution in [3.05, 3.63) is 29.6 Å². The molecule has 0 aliphatic carbocycles. The van der Waals surface area contributed by atoms with E-state index in [-0.39, 0.29) is 12.0 Å². The molecule has 0 saturated heterocycles. The van der Waals surface area contributed by atoms with Gasteiger partial charge in [0.2, 0.25) is 0 Å². The Bertz CT molecular complexity index is 526. The summed E-state index contributed by atoms with van der Waals surface area (Å²) in [7, 11) is 0. The summed E-state index contributed by atoms with van der Waals surface area (Å²) in [6.07, 6.45) is 0. The van der Waals surface area contributed by atoms with Crippen LogP contribution in [0, 0.1) is 0 Å². The molecule has 0 aliphatic heterocycles. The predicted molar refractivity (Wildman–Crippen MR) is 70.3 cm³/mol. The largest absolute Gasteiger partial charge is 0.395 e. The number of aliphatic hydroxyl groups is 1. The number of hydrogen-bond acceptors (Lipinski definition) is 2. The van der Waals surface area contributed by atoms with Crippen LogP contribution in [0.25, 0.3) is 11.0 Å². The molecule has 17 heavy (non-hydrogen) atoms. The first kappa shape index (κ1) is 12.1. The molecule has 92 valence electrons. The smallest absolute Gasteiger partial charge is 0.109 e. The van der Waals surface area contributed by atoms with Crippen molar-refractivity contribution in [3.63, 3.8) is 0 Å². The van der Waals surface area contributed by atoms with Gasteiger partial charge in [0.25, 0.3) is 0 Å². The molecule has 1 aromatic carbocycles. The molecule has 1 heterocycles. The number of rotatable bonds is 3. The third-order valence-corrected chi connectivity index (χ3v) is 3.22. The van der Waals surface area contributed by atoms with Crippen molar-refractivity contribution in [1.82, 2.24) is 9.97 Å². The van der Waals surface area contributed by atoms with Gasteiger partial charge in [0.1, 0.15) is 5.82 Å². The monoisotopic (exact) mass is 232 g/mol. The SMILES string of the molecule is CC(C)c1nc2ccc(C(C)(C)CO)cc2[nH]1. The van der Waals surface area contributed by atoms with Crippen molar-refractivity contribution in [1.29, 1.82) is 0 Å². The molecule has 2 N–H and O–H groups in total. The number of aromatic amines is 1. The zero-order valence-corrected chi connectivity index (χ0v) is 10.9. The van der Waals surface area contributed by atoms with E-state index in [0.29, 0.717) is 5.92 Å². The van der Waals surface area contributed by atoms with E-state index in [1.807, 2.05) is 26.0 Å². The highest BCUT2D eigenvalue weighted by Crippen LogP contribution is 2.26. The van der Waals surface area contributed by atoms with Gasteiger partial charge in [0.05, 0.1) is 17.6 Å². The van der Waals surface area contributed by atoms with Crippen molar-refractivity contribution in [3.8, 4) is 0 Å². The summed E-state index contributed by atoms with van der Waals surface area (Å²) in [5, 5.41) is 9.39. The summed E-state index contributed by atoms with van der Waals surface area (Å²) < 4.78 is 0. The fourth-order valence-electron chi connectivity index (χ4n) is 1.82.